The van der Waals surface area contributed by atoms with Crippen LogP contribution in [-0.2, 0) is 12.8 Å². The maximum Gasteiger partial charge on any atom is 0.243 e. The van der Waals surface area contributed by atoms with Gasteiger partial charge in [-0.2, -0.15) is 4.98 Å². The first-order valence-electron chi connectivity index (χ1n) is 6.35. The number of aromatic nitrogens is 2. The van der Waals surface area contributed by atoms with Gasteiger partial charge in [0.2, 0.25) is 5.89 Å². The van der Waals surface area contributed by atoms with Gasteiger partial charge >= 0.3 is 0 Å². The van der Waals surface area contributed by atoms with Gasteiger partial charge in [0.1, 0.15) is 0 Å². The summed E-state index contributed by atoms with van der Waals surface area (Å²) in [5.74, 6) is 1.87. The lowest BCUT2D eigenvalue weighted by molar-refractivity contribution is 0.341. The molecule has 1 heterocycles. The van der Waals surface area contributed by atoms with E-state index in [4.69, 9.17) is 4.52 Å². The molecule has 1 aromatic carbocycles. The summed E-state index contributed by atoms with van der Waals surface area (Å²) in [7, 11) is 1.89. The minimum atomic E-state index is 0.107. The third-order valence-electron chi connectivity index (χ3n) is 3.68. The van der Waals surface area contributed by atoms with Crippen LogP contribution in [0.5, 0.6) is 0 Å². The van der Waals surface area contributed by atoms with Crippen molar-refractivity contribution in [1.82, 2.24) is 15.5 Å². The minimum absolute atomic E-state index is 0.107. The van der Waals surface area contributed by atoms with Gasteiger partial charge in [0.15, 0.2) is 5.82 Å². The number of nitrogens with one attached hydrogen (secondary N) is 1. The van der Waals surface area contributed by atoms with Crippen molar-refractivity contribution in [1.29, 1.82) is 0 Å². The Morgan fingerprint density at radius 2 is 1.94 bits per heavy atom. The fraction of sp³-hybridized carbons (Fsp3) is 0.429. The number of benzene rings is 1. The van der Waals surface area contributed by atoms with E-state index in [1.54, 1.807) is 0 Å². The molecule has 0 bridgehead atoms. The van der Waals surface area contributed by atoms with Crippen LogP contribution in [0, 0.1) is 0 Å². The van der Waals surface area contributed by atoms with E-state index in [1.807, 2.05) is 14.0 Å². The predicted octanol–water partition coefficient (Wildman–Crippen LogP) is 2.23. The topological polar surface area (TPSA) is 51.0 Å². The SMILES string of the molecule is CNC(C)c1nc(C2Cc3ccccc3C2)no1. The van der Waals surface area contributed by atoms with Crippen LogP contribution in [-0.4, -0.2) is 17.2 Å². The highest BCUT2D eigenvalue weighted by Crippen LogP contribution is 2.32. The number of rotatable bonds is 3. The number of hydrogen-bond donors (Lipinski definition) is 1. The van der Waals surface area contributed by atoms with E-state index < -0.39 is 0 Å². The van der Waals surface area contributed by atoms with Crippen LogP contribution >= 0.6 is 0 Å². The molecule has 18 heavy (non-hydrogen) atoms. The van der Waals surface area contributed by atoms with E-state index in [0.29, 0.717) is 11.8 Å². The third kappa shape index (κ3) is 1.93. The quantitative estimate of drug-likeness (QED) is 0.898. The zero-order valence-corrected chi connectivity index (χ0v) is 10.7. The molecule has 0 fully saturated rings. The molecule has 4 nitrogen and oxygen atoms in total. The van der Waals surface area contributed by atoms with Crippen LogP contribution in [0.2, 0.25) is 0 Å². The predicted molar refractivity (Wildman–Crippen MR) is 68.4 cm³/mol. The first kappa shape index (κ1) is 11.4. The summed E-state index contributed by atoms with van der Waals surface area (Å²) in [4.78, 5) is 4.51. The second-order valence-electron chi connectivity index (χ2n) is 4.88. The van der Waals surface area contributed by atoms with Crippen molar-refractivity contribution in [2.75, 3.05) is 7.05 Å². The van der Waals surface area contributed by atoms with Gasteiger partial charge in [-0.1, -0.05) is 29.4 Å². The molecule has 1 aliphatic carbocycles. The number of fused-ring (bicyclic) bond motifs is 1. The van der Waals surface area contributed by atoms with Gasteiger partial charge in [-0.15, -0.1) is 0 Å². The second-order valence-corrected chi connectivity index (χ2v) is 4.88. The van der Waals surface area contributed by atoms with Crippen LogP contribution in [0.15, 0.2) is 28.8 Å². The van der Waals surface area contributed by atoms with Crippen molar-refractivity contribution < 1.29 is 4.52 Å². The van der Waals surface area contributed by atoms with Gasteiger partial charge in [-0.25, -0.2) is 0 Å². The molecule has 0 saturated carbocycles. The average molecular weight is 243 g/mol. The van der Waals surface area contributed by atoms with Crippen molar-refractivity contribution in [3.05, 3.63) is 47.1 Å². The molecule has 0 radical (unpaired) electrons. The summed E-state index contributed by atoms with van der Waals surface area (Å²) in [6, 6.07) is 8.66. The summed E-state index contributed by atoms with van der Waals surface area (Å²) in [5.41, 5.74) is 2.83. The van der Waals surface area contributed by atoms with E-state index in [-0.39, 0.29) is 6.04 Å². The Labute approximate surface area is 106 Å². The van der Waals surface area contributed by atoms with Crippen molar-refractivity contribution >= 4 is 0 Å². The fourth-order valence-electron chi connectivity index (χ4n) is 2.45. The fourth-order valence-corrected chi connectivity index (χ4v) is 2.45. The zero-order valence-electron chi connectivity index (χ0n) is 10.7. The maximum atomic E-state index is 5.30. The monoisotopic (exact) mass is 243 g/mol. The Balaban J connectivity index is 1.80. The summed E-state index contributed by atoms with van der Waals surface area (Å²) in [6.07, 6.45) is 2.03. The Morgan fingerprint density at radius 1 is 1.28 bits per heavy atom. The van der Waals surface area contributed by atoms with Crippen LogP contribution in [0.3, 0.4) is 0 Å². The largest absolute Gasteiger partial charge is 0.338 e. The van der Waals surface area contributed by atoms with E-state index in [0.717, 1.165) is 18.7 Å². The molecule has 3 rings (SSSR count). The van der Waals surface area contributed by atoms with Crippen LogP contribution in [0.1, 0.15) is 41.7 Å². The van der Waals surface area contributed by atoms with Crippen molar-refractivity contribution in [3.8, 4) is 0 Å². The smallest absolute Gasteiger partial charge is 0.243 e. The van der Waals surface area contributed by atoms with Gasteiger partial charge in [0, 0.05) is 5.92 Å². The van der Waals surface area contributed by atoms with Crippen molar-refractivity contribution in [3.63, 3.8) is 0 Å². The second kappa shape index (κ2) is 4.53. The van der Waals surface area contributed by atoms with E-state index in [9.17, 15) is 0 Å². The van der Waals surface area contributed by atoms with Gasteiger partial charge in [-0.05, 0) is 37.9 Å². The minimum Gasteiger partial charge on any atom is -0.338 e. The molecule has 1 unspecified atom stereocenters. The Kier molecular flexibility index (Phi) is 2.88. The van der Waals surface area contributed by atoms with E-state index >= 15 is 0 Å². The highest BCUT2D eigenvalue weighted by Gasteiger charge is 2.27. The molecule has 0 amide bonds. The van der Waals surface area contributed by atoms with Crippen LogP contribution < -0.4 is 5.32 Å². The van der Waals surface area contributed by atoms with Crippen LogP contribution in [0.4, 0.5) is 0 Å². The molecule has 0 spiro atoms. The average Bonchev–Trinajstić information content (AvgIpc) is 3.03. The number of hydrogen-bond acceptors (Lipinski definition) is 4. The van der Waals surface area contributed by atoms with Crippen LogP contribution in [0.25, 0.3) is 0 Å². The molecule has 0 aliphatic heterocycles. The normalized spacial score (nSPS) is 16.8. The lowest BCUT2D eigenvalue weighted by Gasteiger charge is -2.03. The molecular weight excluding hydrogens is 226 g/mol. The van der Waals surface area contributed by atoms with Gasteiger partial charge < -0.3 is 9.84 Å². The van der Waals surface area contributed by atoms with Gasteiger partial charge in [0.25, 0.3) is 0 Å². The summed E-state index contributed by atoms with van der Waals surface area (Å²) >= 11 is 0. The highest BCUT2D eigenvalue weighted by atomic mass is 16.5. The Bertz CT molecular complexity index is 524. The molecule has 94 valence electrons. The highest BCUT2D eigenvalue weighted by molar-refractivity contribution is 5.34. The lowest BCUT2D eigenvalue weighted by Crippen LogP contribution is -2.12. The van der Waals surface area contributed by atoms with E-state index in [2.05, 4.69) is 39.7 Å². The van der Waals surface area contributed by atoms with Gasteiger partial charge in [-0.3, -0.25) is 0 Å². The van der Waals surface area contributed by atoms with Gasteiger partial charge in [0.05, 0.1) is 6.04 Å². The first-order valence-corrected chi connectivity index (χ1v) is 6.35. The summed E-state index contributed by atoms with van der Waals surface area (Å²) in [5, 5.41) is 7.23. The Morgan fingerprint density at radius 3 is 2.56 bits per heavy atom. The molecular formula is C14H17N3O. The number of nitrogens with zero attached hydrogens (tertiary/aromatic N) is 2. The molecule has 4 heteroatoms. The zero-order chi connectivity index (χ0) is 12.5. The third-order valence-corrected chi connectivity index (χ3v) is 3.68. The molecule has 2 aromatic rings. The van der Waals surface area contributed by atoms with Crippen molar-refractivity contribution in [2.45, 2.75) is 31.7 Å². The lowest BCUT2D eigenvalue weighted by atomic mass is 10.1. The summed E-state index contributed by atoms with van der Waals surface area (Å²) < 4.78 is 5.30. The standard InChI is InChI=1S/C14H17N3O/c1-9(15-2)14-16-13(17-18-14)12-7-10-5-3-4-6-11(10)8-12/h3-6,9,12,15H,7-8H2,1-2H3. The molecule has 1 aromatic heterocycles. The first-order chi connectivity index (χ1) is 8.78. The molecule has 0 saturated heterocycles. The van der Waals surface area contributed by atoms with E-state index in [1.165, 1.54) is 11.1 Å². The summed E-state index contributed by atoms with van der Waals surface area (Å²) in [6.45, 7) is 2.01. The molecule has 1 atom stereocenters. The maximum absolute atomic E-state index is 5.30. The molecule has 1 aliphatic rings. The van der Waals surface area contributed by atoms with Crippen molar-refractivity contribution in [2.24, 2.45) is 0 Å². The Hall–Kier alpha value is -1.68. The molecule has 1 N–H and O–H groups in total.